The molecule has 0 bridgehead atoms. The summed E-state index contributed by atoms with van der Waals surface area (Å²) in [6, 6.07) is 25.1. The maximum absolute atomic E-state index is 15.2. The smallest absolute Gasteiger partial charge is 0.272 e. The van der Waals surface area contributed by atoms with E-state index in [1.165, 1.54) is 23.8 Å². The summed E-state index contributed by atoms with van der Waals surface area (Å²) in [4.78, 5) is 47.7. The normalized spacial score (nSPS) is 17.4. The number of carbonyl (C=O) groups is 2. The third-order valence-electron chi connectivity index (χ3n) is 12.0. The minimum absolute atomic E-state index is 0.0245. The number of hydrogen-bond acceptors (Lipinski definition) is 9. The number of aromatic hydroxyl groups is 1. The number of aromatic nitrogens is 1. The number of rotatable bonds is 9. The van der Waals surface area contributed by atoms with Crippen LogP contribution in [-0.4, -0.2) is 81.9 Å². The molecular weight excluding hydrogens is 739 g/mol. The van der Waals surface area contributed by atoms with E-state index in [0.29, 0.717) is 77.7 Å². The summed E-state index contributed by atoms with van der Waals surface area (Å²) in [7, 11) is 0. The molecule has 4 aliphatic heterocycles. The number of fused-ring (bicyclic) bond motifs is 3. The van der Waals surface area contributed by atoms with E-state index in [2.05, 4.69) is 27.7 Å². The minimum Gasteiger partial charge on any atom is -0.508 e. The third kappa shape index (κ3) is 7.05. The van der Waals surface area contributed by atoms with Crippen LogP contribution in [0.25, 0.3) is 11.3 Å². The van der Waals surface area contributed by atoms with Gasteiger partial charge in [-0.15, -0.1) is 0 Å². The van der Waals surface area contributed by atoms with Crippen LogP contribution < -0.4 is 14.4 Å². The molecule has 13 heteroatoms. The van der Waals surface area contributed by atoms with Crippen molar-refractivity contribution in [3.05, 3.63) is 134 Å². The van der Waals surface area contributed by atoms with Crippen molar-refractivity contribution in [3.63, 3.8) is 0 Å². The number of nitrogens with zero attached hydrogens (tertiary/aromatic N) is 5. The lowest BCUT2D eigenvalue weighted by Gasteiger charge is -2.40. The van der Waals surface area contributed by atoms with Gasteiger partial charge in [0.15, 0.2) is 11.5 Å². The Labute approximate surface area is 336 Å². The predicted octanol–water partition coefficient (Wildman–Crippen LogP) is 6.89. The summed E-state index contributed by atoms with van der Waals surface area (Å²) >= 11 is 0. The number of morpholine rings is 1. The SMILES string of the molecule is Cc1c(CN(C(=O)c2cc(-c3cc4c(cc3C(=O)N3Cc5ccccc5C[C@H]3CN3CCOCC3)OCO4)n3c2CCCC3)c2ccc(O)cc2)cccc1[N+](=O)[O-]. The fourth-order valence-electron chi connectivity index (χ4n) is 8.91. The van der Waals surface area contributed by atoms with Gasteiger partial charge in [0.25, 0.3) is 17.5 Å². The summed E-state index contributed by atoms with van der Waals surface area (Å²) in [5.41, 5.74) is 7.19. The van der Waals surface area contributed by atoms with Crippen LogP contribution in [0.1, 0.15) is 61.5 Å². The van der Waals surface area contributed by atoms with Crippen molar-refractivity contribution in [2.24, 2.45) is 0 Å². The summed E-state index contributed by atoms with van der Waals surface area (Å²) < 4.78 is 19.6. The highest BCUT2D eigenvalue weighted by atomic mass is 16.7. The molecule has 58 heavy (non-hydrogen) atoms. The molecule has 4 aromatic carbocycles. The Hall–Kier alpha value is -6.18. The van der Waals surface area contributed by atoms with Crippen molar-refractivity contribution < 1.29 is 33.8 Å². The monoisotopic (exact) mass is 783 g/mol. The quantitative estimate of drug-likeness (QED) is 0.125. The van der Waals surface area contributed by atoms with Crippen molar-refractivity contribution in [3.8, 4) is 28.5 Å². The topological polar surface area (TPSA) is 140 Å². The molecule has 0 radical (unpaired) electrons. The molecule has 298 valence electrons. The highest BCUT2D eigenvalue weighted by molar-refractivity contribution is 6.09. The molecule has 13 nitrogen and oxygen atoms in total. The first-order valence-corrected chi connectivity index (χ1v) is 19.9. The fraction of sp³-hybridized carbons (Fsp3) is 0.333. The van der Waals surface area contributed by atoms with Crippen LogP contribution in [0.4, 0.5) is 11.4 Å². The molecule has 0 spiro atoms. The molecule has 9 rings (SSSR count). The van der Waals surface area contributed by atoms with Crippen LogP contribution in [0.2, 0.25) is 0 Å². The second kappa shape index (κ2) is 15.6. The molecule has 4 aliphatic rings. The number of amides is 2. The van der Waals surface area contributed by atoms with Gasteiger partial charge in [-0.1, -0.05) is 36.4 Å². The molecule has 2 amide bonds. The van der Waals surface area contributed by atoms with Crippen LogP contribution in [0.15, 0.2) is 84.9 Å². The second-order valence-electron chi connectivity index (χ2n) is 15.4. The first-order valence-electron chi connectivity index (χ1n) is 19.9. The zero-order valence-corrected chi connectivity index (χ0v) is 32.4. The van der Waals surface area contributed by atoms with Crippen LogP contribution in [0.3, 0.4) is 0 Å². The Balaban J connectivity index is 1.14. The zero-order chi connectivity index (χ0) is 39.9. The number of phenolic OH excluding ortho intramolecular Hbond substituents is 1. The van der Waals surface area contributed by atoms with Crippen molar-refractivity contribution in [1.82, 2.24) is 14.4 Å². The number of ether oxygens (including phenoxy) is 3. The molecular formula is C45H45N5O8. The number of hydrogen-bond donors (Lipinski definition) is 1. The first-order chi connectivity index (χ1) is 28.2. The van der Waals surface area contributed by atoms with Gasteiger partial charge in [0.05, 0.1) is 35.8 Å². The number of anilines is 1. The van der Waals surface area contributed by atoms with Gasteiger partial charge in [-0.05, 0) is 91.8 Å². The van der Waals surface area contributed by atoms with E-state index in [4.69, 9.17) is 14.2 Å². The Bertz CT molecular complexity index is 2400. The number of phenols is 1. The summed E-state index contributed by atoms with van der Waals surface area (Å²) in [6.07, 6.45) is 3.17. The second-order valence-corrected chi connectivity index (χ2v) is 15.4. The largest absolute Gasteiger partial charge is 0.508 e. The highest BCUT2D eigenvalue weighted by Gasteiger charge is 2.36. The Morgan fingerprint density at radius 1 is 0.897 bits per heavy atom. The van der Waals surface area contributed by atoms with Gasteiger partial charge in [-0.2, -0.15) is 0 Å². The number of benzene rings is 4. The van der Waals surface area contributed by atoms with E-state index in [0.717, 1.165) is 55.8 Å². The van der Waals surface area contributed by atoms with E-state index in [1.807, 2.05) is 23.1 Å². The summed E-state index contributed by atoms with van der Waals surface area (Å²) in [5, 5.41) is 22.0. The van der Waals surface area contributed by atoms with Gasteiger partial charge in [0.2, 0.25) is 6.79 Å². The summed E-state index contributed by atoms with van der Waals surface area (Å²) in [5.74, 6) is 0.677. The predicted molar refractivity (Wildman–Crippen MR) is 216 cm³/mol. The Kier molecular flexibility index (Phi) is 10.1. The lowest BCUT2D eigenvalue weighted by molar-refractivity contribution is -0.385. The van der Waals surface area contributed by atoms with Crippen LogP contribution in [-0.2, 0) is 37.2 Å². The highest BCUT2D eigenvalue weighted by Crippen LogP contribution is 2.43. The van der Waals surface area contributed by atoms with Gasteiger partial charge >= 0.3 is 0 Å². The van der Waals surface area contributed by atoms with Crippen molar-refractivity contribution in [2.75, 3.05) is 44.5 Å². The molecule has 5 heterocycles. The first kappa shape index (κ1) is 37.4. The van der Waals surface area contributed by atoms with Gasteiger partial charge < -0.3 is 33.7 Å². The van der Waals surface area contributed by atoms with Gasteiger partial charge in [-0.3, -0.25) is 24.6 Å². The average molecular weight is 784 g/mol. The van der Waals surface area contributed by atoms with E-state index in [-0.39, 0.29) is 42.6 Å². The third-order valence-corrected chi connectivity index (χ3v) is 12.0. The van der Waals surface area contributed by atoms with Gasteiger partial charge in [0.1, 0.15) is 5.75 Å². The Morgan fingerprint density at radius 2 is 1.66 bits per heavy atom. The maximum Gasteiger partial charge on any atom is 0.272 e. The van der Waals surface area contributed by atoms with Crippen LogP contribution >= 0.6 is 0 Å². The van der Waals surface area contributed by atoms with E-state index < -0.39 is 4.92 Å². The standard InChI is InChI=1S/C45H45N5O8/c1-29-31(9-6-11-39(29)50(54)55)25-48(33-12-14-35(51)15-13-33)45(53)38-22-41(47-16-5-4-10-40(38)47)36-23-42-43(58-28-57-42)24-37(36)44(52)49-26-32-8-3-2-7-30(32)21-34(49)27-46-17-19-56-20-18-46/h2-3,6-9,11-15,22-24,34,51H,4-5,10,16-21,25-28H2,1H3/t34-/m0/s1. The lowest BCUT2D eigenvalue weighted by Crippen LogP contribution is -2.52. The van der Waals surface area contributed by atoms with Crippen LogP contribution in [0, 0.1) is 17.0 Å². The molecule has 1 atom stereocenters. The molecule has 1 aromatic heterocycles. The Morgan fingerprint density at radius 3 is 2.43 bits per heavy atom. The number of nitro groups is 1. The van der Waals surface area contributed by atoms with Crippen LogP contribution in [0.5, 0.6) is 17.2 Å². The van der Waals surface area contributed by atoms with E-state index in [9.17, 15) is 15.2 Å². The molecule has 0 saturated carbocycles. The van der Waals surface area contributed by atoms with Crippen molar-refractivity contribution in [2.45, 2.75) is 58.3 Å². The number of carbonyl (C=O) groups excluding carboxylic acids is 2. The lowest BCUT2D eigenvalue weighted by atomic mass is 9.92. The number of nitro benzene ring substituents is 1. The van der Waals surface area contributed by atoms with Crippen molar-refractivity contribution >= 4 is 23.2 Å². The van der Waals surface area contributed by atoms with E-state index >= 15 is 9.59 Å². The zero-order valence-electron chi connectivity index (χ0n) is 32.4. The fourth-order valence-corrected chi connectivity index (χ4v) is 8.91. The molecule has 0 aliphatic carbocycles. The molecule has 1 fully saturated rings. The average Bonchev–Trinajstić information content (AvgIpc) is 3.87. The molecule has 0 unspecified atom stereocenters. The molecule has 1 saturated heterocycles. The molecule has 1 N–H and O–H groups in total. The maximum atomic E-state index is 15.2. The van der Waals surface area contributed by atoms with Gasteiger partial charge in [0, 0.05) is 73.0 Å². The summed E-state index contributed by atoms with van der Waals surface area (Å²) in [6.45, 7) is 6.58. The molecule has 5 aromatic rings. The minimum atomic E-state index is -0.417. The van der Waals surface area contributed by atoms with E-state index in [1.54, 1.807) is 42.2 Å². The van der Waals surface area contributed by atoms with Crippen molar-refractivity contribution in [1.29, 1.82) is 0 Å². The van der Waals surface area contributed by atoms with Gasteiger partial charge in [-0.25, -0.2) is 0 Å².